The highest BCUT2D eigenvalue weighted by atomic mass is 32.2. The maximum atomic E-state index is 12.8. The van der Waals surface area contributed by atoms with E-state index in [9.17, 15) is 8.42 Å². The van der Waals surface area contributed by atoms with Crippen LogP contribution in [-0.4, -0.2) is 32.4 Å². The standard InChI is InChI=1S/C15H26N2O2S2/c1-4-7-16-10-14-9-15(13(3)20-14)21(18,19)17-8-5-6-12(2)11-17/h9,12,16H,4-8,10-11H2,1-3H3. The summed E-state index contributed by atoms with van der Waals surface area (Å²) in [6.07, 6.45) is 3.18. The summed E-state index contributed by atoms with van der Waals surface area (Å²) in [7, 11) is -3.32. The minimum atomic E-state index is -3.32. The molecule has 1 unspecified atom stereocenters. The van der Waals surface area contributed by atoms with Crippen molar-refractivity contribution < 1.29 is 8.42 Å². The number of aryl methyl sites for hydroxylation is 1. The number of thiophene rings is 1. The Balaban J connectivity index is 2.15. The van der Waals surface area contributed by atoms with E-state index < -0.39 is 10.0 Å². The molecule has 0 aromatic carbocycles. The van der Waals surface area contributed by atoms with Gasteiger partial charge in [0.15, 0.2) is 0 Å². The lowest BCUT2D eigenvalue weighted by molar-refractivity contribution is 0.281. The minimum absolute atomic E-state index is 0.457. The molecule has 1 aliphatic heterocycles. The highest BCUT2D eigenvalue weighted by Gasteiger charge is 2.30. The molecule has 21 heavy (non-hydrogen) atoms. The molecular weight excluding hydrogens is 304 g/mol. The van der Waals surface area contributed by atoms with Gasteiger partial charge in [-0.15, -0.1) is 11.3 Å². The van der Waals surface area contributed by atoms with Crippen LogP contribution >= 0.6 is 11.3 Å². The normalized spacial score (nSPS) is 20.8. The topological polar surface area (TPSA) is 49.4 Å². The van der Waals surface area contributed by atoms with Crippen LogP contribution in [0.5, 0.6) is 0 Å². The molecule has 1 aliphatic rings. The van der Waals surface area contributed by atoms with Gasteiger partial charge in [0.05, 0.1) is 4.90 Å². The predicted molar refractivity (Wildman–Crippen MR) is 88.2 cm³/mol. The number of nitrogens with one attached hydrogen (secondary N) is 1. The summed E-state index contributed by atoms with van der Waals surface area (Å²) in [6.45, 7) is 9.19. The molecule has 1 fully saturated rings. The molecule has 1 saturated heterocycles. The van der Waals surface area contributed by atoms with Gasteiger partial charge in [0.2, 0.25) is 10.0 Å². The summed E-state index contributed by atoms with van der Waals surface area (Å²) < 4.78 is 27.3. The first-order valence-corrected chi connectivity index (χ1v) is 10.0. The van der Waals surface area contributed by atoms with Gasteiger partial charge in [0.25, 0.3) is 0 Å². The Hall–Kier alpha value is -0.430. The number of piperidine rings is 1. The molecule has 4 nitrogen and oxygen atoms in total. The zero-order chi connectivity index (χ0) is 15.5. The smallest absolute Gasteiger partial charge is 0.244 e. The molecule has 1 atom stereocenters. The Bertz CT molecular complexity index is 566. The average molecular weight is 331 g/mol. The second-order valence-corrected chi connectivity index (χ2v) is 9.17. The molecule has 0 aliphatic carbocycles. The lowest BCUT2D eigenvalue weighted by atomic mass is 10.0. The average Bonchev–Trinajstić information content (AvgIpc) is 2.81. The quantitative estimate of drug-likeness (QED) is 0.816. The van der Waals surface area contributed by atoms with Crippen molar-refractivity contribution in [3.8, 4) is 0 Å². The molecule has 1 aromatic rings. The van der Waals surface area contributed by atoms with E-state index in [1.165, 1.54) is 0 Å². The van der Waals surface area contributed by atoms with Gasteiger partial charge in [0, 0.05) is 29.4 Å². The second kappa shape index (κ2) is 7.22. The van der Waals surface area contributed by atoms with E-state index in [2.05, 4.69) is 19.2 Å². The van der Waals surface area contributed by atoms with E-state index in [4.69, 9.17) is 0 Å². The van der Waals surface area contributed by atoms with Gasteiger partial charge in [-0.1, -0.05) is 13.8 Å². The number of nitrogens with zero attached hydrogens (tertiary/aromatic N) is 1. The molecule has 0 saturated carbocycles. The fourth-order valence-electron chi connectivity index (χ4n) is 2.76. The molecule has 0 spiro atoms. The highest BCUT2D eigenvalue weighted by Crippen LogP contribution is 2.30. The first-order chi connectivity index (χ1) is 9.95. The fraction of sp³-hybridized carbons (Fsp3) is 0.733. The lowest BCUT2D eigenvalue weighted by Crippen LogP contribution is -2.39. The van der Waals surface area contributed by atoms with Crippen LogP contribution in [0.25, 0.3) is 0 Å². The number of rotatable bonds is 6. The predicted octanol–water partition coefficient (Wildman–Crippen LogP) is 2.98. The Kier molecular flexibility index (Phi) is 5.82. The van der Waals surface area contributed by atoms with Crippen molar-refractivity contribution >= 4 is 21.4 Å². The van der Waals surface area contributed by atoms with Crippen LogP contribution in [0.1, 0.15) is 42.9 Å². The molecule has 2 heterocycles. The molecule has 0 amide bonds. The van der Waals surface area contributed by atoms with Crippen molar-refractivity contribution in [2.45, 2.75) is 51.5 Å². The molecular formula is C15H26N2O2S2. The minimum Gasteiger partial charge on any atom is -0.312 e. The first-order valence-electron chi connectivity index (χ1n) is 7.75. The third kappa shape index (κ3) is 4.06. The van der Waals surface area contributed by atoms with Crippen molar-refractivity contribution in [1.82, 2.24) is 9.62 Å². The molecule has 1 N–H and O–H groups in total. The molecule has 0 bridgehead atoms. The highest BCUT2D eigenvalue weighted by molar-refractivity contribution is 7.89. The van der Waals surface area contributed by atoms with Crippen LogP contribution in [0.15, 0.2) is 11.0 Å². The van der Waals surface area contributed by atoms with Crippen molar-refractivity contribution in [2.75, 3.05) is 19.6 Å². The van der Waals surface area contributed by atoms with E-state index in [-0.39, 0.29) is 0 Å². The van der Waals surface area contributed by atoms with Crippen molar-refractivity contribution in [1.29, 1.82) is 0 Å². The van der Waals surface area contributed by atoms with Crippen LogP contribution < -0.4 is 5.32 Å². The van der Waals surface area contributed by atoms with Gasteiger partial charge >= 0.3 is 0 Å². The summed E-state index contributed by atoms with van der Waals surface area (Å²) in [5, 5.41) is 3.33. The summed E-state index contributed by atoms with van der Waals surface area (Å²) in [6, 6.07) is 1.86. The van der Waals surface area contributed by atoms with Crippen LogP contribution in [0.3, 0.4) is 0 Å². The maximum Gasteiger partial charge on any atom is 0.244 e. The monoisotopic (exact) mass is 330 g/mol. The Morgan fingerprint density at radius 1 is 1.48 bits per heavy atom. The lowest BCUT2D eigenvalue weighted by Gasteiger charge is -2.29. The molecule has 2 rings (SSSR count). The zero-order valence-corrected chi connectivity index (χ0v) is 14.8. The van der Waals surface area contributed by atoms with Gasteiger partial charge in [-0.05, 0) is 44.7 Å². The molecule has 120 valence electrons. The summed E-state index contributed by atoms with van der Waals surface area (Å²) in [5.41, 5.74) is 0. The van der Waals surface area contributed by atoms with Crippen molar-refractivity contribution in [3.05, 3.63) is 15.8 Å². The van der Waals surface area contributed by atoms with Crippen LogP contribution in [0.2, 0.25) is 0 Å². The van der Waals surface area contributed by atoms with Crippen molar-refractivity contribution in [2.24, 2.45) is 5.92 Å². The second-order valence-electron chi connectivity index (χ2n) is 5.92. The molecule has 6 heteroatoms. The Labute approximate surface area is 132 Å². The SMILES string of the molecule is CCCNCc1cc(S(=O)(=O)N2CCCC(C)C2)c(C)s1. The van der Waals surface area contributed by atoms with Crippen LogP contribution in [-0.2, 0) is 16.6 Å². The summed E-state index contributed by atoms with van der Waals surface area (Å²) >= 11 is 1.59. The van der Waals surface area contributed by atoms with Gasteiger partial charge in [-0.3, -0.25) is 0 Å². The largest absolute Gasteiger partial charge is 0.312 e. The Morgan fingerprint density at radius 2 is 2.24 bits per heavy atom. The zero-order valence-electron chi connectivity index (χ0n) is 13.2. The van der Waals surface area contributed by atoms with E-state index in [1.54, 1.807) is 15.6 Å². The van der Waals surface area contributed by atoms with Crippen LogP contribution in [0.4, 0.5) is 0 Å². The molecule has 1 aromatic heterocycles. The van der Waals surface area contributed by atoms with Gasteiger partial charge in [-0.25, -0.2) is 8.42 Å². The number of hydrogen-bond donors (Lipinski definition) is 1. The Morgan fingerprint density at radius 3 is 2.90 bits per heavy atom. The van der Waals surface area contributed by atoms with Gasteiger partial charge in [0.1, 0.15) is 0 Å². The van der Waals surface area contributed by atoms with Crippen LogP contribution in [0, 0.1) is 12.8 Å². The maximum absolute atomic E-state index is 12.8. The van der Waals surface area contributed by atoms with Crippen molar-refractivity contribution in [3.63, 3.8) is 0 Å². The van der Waals surface area contributed by atoms with Gasteiger partial charge < -0.3 is 5.32 Å². The third-order valence-corrected chi connectivity index (χ3v) is 7.06. The van der Waals surface area contributed by atoms with Gasteiger partial charge in [-0.2, -0.15) is 4.31 Å². The first kappa shape index (κ1) is 16.9. The summed E-state index contributed by atoms with van der Waals surface area (Å²) in [5.74, 6) is 0.457. The number of sulfonamides is 1. The van der Waals surface area contributed by atoms with E-state index in [0.29, 0.717) is 23.9 Å². The van der Waals surface area contributed by atoms with E-state index in [1.807, 2.05) is 13.0 Å². The van der Waals surface area contributed by atoms with E-state index >= 15 is 0 Å². The van der Waals surface area contributed by atoms with E-state index in [0.717, 1.165) is 42.1 Å². The fourth-order valence-corrected chi connectivity index (χ4v) is 5.93. The number of hydrogen-bond acceptors (Lipinski definition) is 4. The molecule has 0 radical (unpaired) electrons. The summed E-state index contributed by atoms with van der Waals surface area (Å²) in [4.78, 5) is 2.51. The third-order valence-electron chi connectivity index (χ3n) is 3.89.